The lowest BCUT2D eigenvalue weighted by atomic mass is 10.1. The third kappa shape index (κ3) is 3.18. The summed E-state index contributed by atoms with van der Waals surface area (Å²) in [5.41, 5.74) is 3.48. The van der Waals surface area contributed by atoms with Gasteiger partial charge in [0, 0.05) is 29.0 Å². The second kappa shape index (κ2) is 6.84. The molecule has 0 bridgehead atoms. The van der Waals surface area contributed by atoms with Crippen LogP contribution in [0.3, 0.4) is 0 Å². The summed E-state index contributed by atoms with van der Waals surface area (Å²) in [6.07, 6.45) is 3.09. The van der Waals surface area contributed by atoms with E-state index in [1.165, 1.54) is 10.4 Å². The summed E-state index contributed by atoms with van der Waals surface area (Å²) in [4.78, 5) is 10.8. The van der Waals surface area contributed by atoms with Crippen LogP contribution in [0.1, 0.15) is 43.0 Å². The van der Waals surface area contributed by atoms with E-state index in [1.54, 1.807) is 11.3 Å². The van der Waals surface area contributed by atoms with Gasteiger partial charge in [0.1, 0.15) is 11.6 Å². The van der Waals surface area contributed by atoms with Crippen molar-refractivity contribution >= 4 is 17.2 Å². The molecule has 2 aromatic rings. The first-order valence-corrected chi connectivity index (χ1v) is 8.21. The normalized spacial score (nSPS) is 10.8. The number of nitrogens with one attached hydrogen (secondary N) is 1. The first-order chi connectivity index (χ1) is 9.67. The van der Waals surface area contributed by atoms with Gasteiger partial charge >= 0.3 is 0 Å². The molecule has 0 spiro atoms. The van der Waals surface area contributed by atoms with Gasteiger partial charge in [-0.15, -0.1) is 11.3 Å². The zero-order valence-electron chi connectivity index (χ0n) is 12.8. The molecule has 0 aliphatic heterocycles. The Bertz CT molecular complexity index is 575. The van der Waals surface area contributed by atoms with Crippen LogP contribution >= 0.6 is 11.3 Å². The van der Waals surface area contributed by atoms with Crippen LogP contribution in [0.15, 0.2) is 11.4 Å². The summed E-state index contributed by atoms with van der Waals surface area (Å²) >= 11 is 1.77. The van der Waals surface area contributed by atoms with Crippen molar-refractivity contribution in [2.24, 2.45) is 0 Å². The van der Waals surface area contributed by atoms with Crippen molar-refractivity contribution in [3.8, 4) is 11.3 Å². The van der Waals surface area contributed by atoms with Crippen LogP contribution in [-0.2, 0) is 6.42 Å². The Morgan fingerprint density at radius 2 is 1.95 bits per heavy atom. The molecule has 0 atom stereocenters. The number of aryl methyl sites for hydroxylation is 2. The van der Waals surface area contributed by atoms with Crippen molar-refractivity contribution in [2.45, 2.75) is 47.0 Å². The molecule has 0 fully saturated rings. The van der Waals surface area contributed by atoms with Gasteiger partial charge in [0.05, 0.1) is 5.69 Å². The number of anilines is 1. The number of hydrogen-bond acceptors (Lipinski definition) is 4. The standard InChI is InChI=1S/C16H23N3S/c1-5-7-14-18-15(13-8-10-20-12(13)4)11(3)16(19-14)17-9-6-2/h8,10H,5-7,9H2,1-4H3,(H,17,18,19). The largest absolute Gasteiger partial charge is 0.370 e. The number of nitrogens with zero attached hydrogens (tertiary/aromatic N) is 2. The topological polar surface area (TPSA) is 37.8 Å². The average molecular weight is 289 g/mol. The third-order valence-electron chi connectivity index (χ3n) is 3.32. The molecule has 4 heteroatoms. The quantitative estimate of drug-likeness (QED) is 0.844. The maximum atomic E-state index is 4.79. The first-order valence-electron chi connectivity index (χ1n) is 7.33. The summed E-state index contributed by atoms with van der Waals surface area (Å²) in [6.45, 7) is 9.55. The van der Waals surface area contributed by atoms with Gasteiger partial charge in [-0.25, -0.2) is 9.97 Å². The number of rotatable bonds is 6. The molecule has 2 rings (SSSR count). The highest BCUT2D eigenvalue weighted by Crippen LogP contribution is 2.31. The Kier molecular flexibility index (Phi) is 5.12. The van der Waals surface area contributed by atoms with E-state index in [1.807, 2.05) is 0 Å². The molecule has 3 nitrogen and oxygen atoms in total. The van der Waals surface area contributed by atoms with Crippen LogP contribution in [0.25, 0.3) is 11.3 Å². The van der Waals surface area contributed by atoms with Crippen LogP contribution in [-0.4, -0.2) is 16.5 Å². The Labute approximate surface area is 125 Å². The molecule has 20 heavy (non-hydrogen) atoms. The lowest BCUT2D eigenvalue weighted by Gasteiger charge is -2.13. The molecule has 2 aromatic heterocycles. The predicted molar refractivity (Wildman–Crippen MR) is 87.6 cm³/mol. The minimum Gasteiger partial charge on any atom is -0.370 e. The maximum absolute atomic E-state index is 4.79. The summed E-state index contributed by atoms with van der Waals surface area (Å²) in [5, 5.41) is 5.57. The zero-order valence-corrected chi connectivity index (χ0v) is 13.6. The average Bonchev–Trinajstić information content (AvgIpc) is 2.85. The lowest BCUT2D eigenvalue weighted by molar-refractivity contribution is 0.830. The molecule has 0 unspecified atom stereocenters. The van der Waals surface area contributed by atoms with Crippen molar-refractivity contribution in [1.29, 1.82) is 0 Å². The van der Waals surface area contributed by atoms with E-state index in [9.17, 15) is 0 Å². The molecule has 108 valence electrons. The third-order valence-corrected chi connectivity index (χ3v) is 4.17. The minimum absolute atomic E-state index is 0.928. The smallest absolute Gasteiger partial charge is 0.133 e. The highest BCUT2D eigenvalue weighted by molar-refractivity contribution is 7.10. The fourth-order valence-corrected chi connectivity index (χ4v) is 2.91. The van der Waals surface area contributed by atoms with Gasteiger partial charge in [0.25, 0.3) is 0 Å². The predicted octanol–water partition coefficient (Wildman–Crippen LogP) is 4.60. The summed E-state index contributed by atoms with van der Waals surface area (Å²) < 4.78 is 0. The van der Waals surface area contributed by atoms with E-state index in [0.29, 0.717) is 0 Å². The van der Waals surface area contributed by atoms with E-state index in [4.69, 9.17) is 4.98 Å². The van der Waals surface area contributed by atoms with Gasteiger partial charge < -0.3 is 5.32 Å². The van der Waals surface area contributed by atoms with Gasteiger partial charge in [-0.05, 0) is 38.1 Å². The molecule has 1 N–H and O–H groups in total. The van der Waals surface area contributed by atoms with Gasteiger partial charge in [-0.2, -0.15) is 0 Å². The molecular weight excluding hydrogens is 266 g/mol. The van der Waals surface area contributed by atoms with E-state index < -0.39 is 0 Å². The molecule has 0 saturated heterocycles. The molecule has 0 aliphatic rings. The van der Waals surface area contributed by atoms with E-state index >= 15 is 0 Å². The van der Waals surface area contributed by atoms with Crippen LogP contribution in [0.4, 0.5) is 5.82 Å². The highest BCUT2D eigenvalue weighted by atomic mass is 32.1. The van der Waals surface area contributed by atoms with Gasteiger partial charge in [-0.1, -0.05) is 13.8 Å². The number of thiophene rings is 1. The van der Waals surface area contributed by atoms with Crippen LogP contribution in [0.2, 0.25) is 0 Å². The van der Waals surface area contributed by atoms with Crippen LogP contribution in [0, 0.1) is 13.8 Å². The van der Waals surface area contributed by atoms with Crippen LogP contribution < -0.4 is 5.32 Å². The van der Waals surface area contributed by atoms with Crippen molar-refractivity contribution in [1.82, 2.24) is 9.97 Å². The SMILES string of the molecule is CCCNc1nc(CCC)nc(-c2ccsc2C)c1C. The Balaban J connectivity index is 2.48. The fourth-order valence-electron chi connectivity index (χ4n) is 2.21. The summed E-state index contributed by atoms with van der Waals surface area (Å²) in [7, 11) is 0. The monoisotopic (exact) mass is 289 g/mol. The molecular formula is C16H23N3S. The van der Waals surface area contributed by atoms with Crippen molar-refractivity contribution < 1.29 is 0 Å². The van der Waals surface area contributed by atoms with Crippen molar-refractivity contribution in [3.05, 3.63) is 27.7 Å². The van der Waals surface area contributed by atoms with Gasteiger partial charge in [0.2, 0.25) is 0 Å². The second-order valence-corrected chi connectivity index (χ2v) is 6.15. The molecule has 0 amide bonds. The van der Waals surface area contributed by atoms with E-state index in [0.717, 1.165) is 48.7 Å². The fraction of sp³-hybridized carbons (Fsp3) is 0.500. The van der Waals surface area contributed by atoms with Crippen molar-refractivity contribution in [2.75, 3.05) is 11.9 Å². The Hall–Kier alpha value is -1.42. The molecule has 0 aliphatic carbocycles. The van der Waals surface area contributed by atoms with Crippen LogP contribution in [0.5, 0.6) is 0 Å². The maximum Gasteiger partial charge on any atom is 0.133 e. The summed E-state index contributed by atoms with van der Waals surface area (Å²) in [5.74, 6) is 1.93. The molecule has 0 aromatic carbocycles. The minimum atomic E-state index is 0.928. The Morgan fingerprint density at radius 3 is 2.55 bits per heavy atom. The second-order valence-electron chi connectivity index (χ2n) is 5.03. The molecule has 0 saturated carbocycles. The lowest BCUT2D eigenvalue weighted by Crippen LogP contribution is -2.09. The highest BCUT2D eigenvalue weighted by Gasteiger charge is 2.14. The van der Waals surface area contributed by atoms with E-state index in [2.05, 4.69) is 49.4 Å². The number of hydrogen-bond donors (Lipinski definition) is 1. The zero-order chi connectivity index (χ0) is 14.5. The van der Waals surface area contributed by atoms with Crippen molar-refractivity contribution in [3.63, 3.8) is 0 Å². The summed E-state index contributed by atoms with van der Waals surface area (Å²) in [6, 6.07) is 2.16. The Morgan fingerprint density at radius 1 is 1.15 bits per heavy atom. The molecule has 2 heterocycles. The van der Waals surface area contributed by atoms with Gasteiger partial charge in [0.15, 0.2) is 0 Å². The van der Waals surface area contributed by atoms with E-state index in [-0.39, 0.29) is 0 Å². The molecule has 0 radical (unpaired) electrons. The number of aromatic nitrogens is 2. The van der Waals surface area contributed by atoms with Gasteiger partial charge in [-0.3, -0.25) is 0 Å². The first kappa shape index (κ1) is 15.0.